The van der Waals surface area contributed by atoms with Crippen LogP contribution in [0.1, 0.15) is 24.2 Å². The molecule has 0 fully saturated rings. The molecule has 1 nitrogen and oxygen atoms in total. The summed E-state index contributed by atoms with van der Waals surface area (Å²) < 4.78 is 36.2. The first-order valence-electron chi connectivity index (χ1n) is 4.28. The number of aryl methyl sites for hydroxylation is 1. The highest BCUT2D eigenvalue weighted by Gasteiger charge is 2.39. The number of hydrogen-bond acceptors (Lipinski definition) is 1. The molecule has 4 heteroatoms. The third-order valence-corrected chi connectivity index (χ3v) is 2.01. The van der Waals surface area contributed by atoms with Gasteiger partial charge in [-0.15, -0.1) is 0 Å². The standard InChI is InChI=1S/C10H11F3O/c1-2-7-3-5-8(6-4-7)9(14)10(11,12)13/h3-6,9,14H,2H2,1H3/t9-/m0/s1. The van der Waals surface area contributed by atoms with E-state index < -0.39 is 12.3 Å². The Balaban J connectivity index is 2.87. The van der Waals surface area contributed by atoms with Crippen LogP contribution in [-0.4, -0.2) is 11.3 Å². The molecule has 0 bridgehead atoms. The minimum atomic E-state index is -4.59. The average molecular weight is 204 g/mol. The second-order valence-corrected chi connectivity index (χ2v) is 3.04. The zero-order valence-electron chi connectivity index (χ0n) is 7.67. The summed E-state index contributed by atoms with van der Waals surface area (Å²) in [4.78, 5) is 0. The molecule has 78 valence electrons. The van der Waals surface area contributed by atoms with E-state index in [1.54, 1.807) is 12.1 Å². The molecule has 0 saturated heterocycles. The van der Waals surface area contributed by atoms with Gasteiger partial charge in [0.1, 0.15) is 0 Å². The fourth-order valence-corrected chi connectivity index (χ4v) is 1.12. The molecule has 0 aliphatic heterocycles. The van der Waals surface area contributed by atoms with Crippen LogP contribution < -0.4 is 0 Å². The Labute approximate surface area is 80.2 Å². The molecule has 0 aliphatic rings. The van der Waals surface area contributed by atoms with Gasteiger partial charge in [-0.25, -0.2) is 0 Å². The maximum absolute atomic E-state index is 12.1. The molecule has 0 aliphatic carbocycles. The first kappa shape index (κ1) is 11.0. The van der Waals surface area contributed by atoms with E-state index in [1.165, 1.54) is 12.1 Å². The van der Waals surface area contributed by atoms with Crippen LogP contribution in [0.2, 0.25) is 0 Å². The van der Waals surface area contributed by atoms with Crippen LogP contribution in [0.3, 0.4) is 0 Å². The molecule has 0 heterocycles. The Morgan fingerprint density at radius 3 is 2.07 bits per heavy atom. The van der Waals surface area contributed by atoms with Gasteiger partial charge < -0.3 is 5.11 Å². The molecule has 0 amide bonds. The summed E-state index contributed by atoms with van der Waals surface area (Å²) in [7, 11) is 0. The number of aliphatic hydroxyl groups excluding tert-OH is 1. The molecule has 0 aromatic heterocycles. The molecule has 0 saturated carbocycles. The topological polar surface area (TPSA) is 20.2 Å². The quantitative estimate of drug-likeness (QED) is 0.785. The monoisotopic (exact) mass is 204 g/mol. The van der Waals surface area contributed by atoms with Gasteiger partial charge in [-0.2, -0.15) is 13.2 Å². The molecular weight excluding hydrogens is 193 g/mol. The van der Waals surface area contributed by atoms with Crippen molar-refractivity contribution in [1.82, 2.24) is 0 Å². The Bertz CT molecular complexity index is 289. The fourth-order valence-electron chi connectivity index (χ4n) is 1.12. The summed E-state index contributed by atoms with van der Waals surface area (Å²) >= 11 is 0. The number of alkyl halides is 3. The zero-order chi connectivity index (χ0) is 10.8. The minimum absolute atomic E-state index is 0.116. The average Bonchev–Trinajstić information content (AvgIpc) is 2.15. The number of hydrogen-bond donors (Lipinski definition) is 1. The summed E-state index contributed by atoms with van der Waals surface area (Å²) in [6, 6.07) is 5.78. The number of aliphatic hydroxyl groups is 1. The van der Waals surface area contributed by atoms with Crippen molar-refractivity contribution in [3.05, 3.63) is 35.4 Å². The van der Waals surface area contributed by atoms with Crippen molar-refractivity contribution in [2.24, 2.45) is 0 Å². The van der Waals surface area contributed by atoms with Gasteiger partial charge in [-0.1, -0.05) is 31.2 Å². The first-order chi connectivity index (χ1) is 6.45. The highest BCUT2D eigenvalue weighted by atomic mass is 19.4. The number of halogens is 3. The summed E-state index contributed by atoms with van der Waals surface area (Å²) in [5.41, 5.74) is 0.831. The molecule has 1 rings (SSSR count). The van der Waals surface area contributed by atoms with Crippen LogP contribution >= 0.6 is 0 Å². The van der Waals surface area contributed by atoms with Crippen molar-refractivity contribution in [3.63, 3.8) is 0 Å². The van der Waals surface area contributed by atoms with E-state index in [9.17, 15) is 13.2 Å². The summed E-state index contributed by atoms with van der Waals surface area (Å²) in [6.45, 7) is 1.91. The minimum Gasteiger partial charge on any atom is -0.379 e. The predicted octanol–water partition coefficient (Wildman–Crippen LogP) is 2.84. The Morgan fingerprint density at radius 2 is 1.71 bits per heavy atom. The van der Waals surface area contributed by atoms with E-state index in [0.29, 0.717) is 0 Å². The van der Waals surface area contributed by atoms with Gasteiger partial charge in [0, 0.05) is 0 Å². The molecule has 0 radical (unpaired) electrons. The first-order valence-corrected chi connectivity index (χ1v) is 4.28. The van der Waals surface area contributed by atoms with Gasteiger partial charge in [-0.3, -0.25) is 0 Å². The maximum Gasteiger partial charge on any atom is 0.418 e. The van der Waals surface area contributed by atoms with Crippen LogP contribution in [0.25, 0.3) is 0 Å². The van der Waals surface area contributed by atoms with Crippen molar-refractivity contribution in [1.29, 1.82) is 0 Å². The number of rotatable bonds is 2. The normalized spacial score (nSPS) is 14.1. The second-order valence-electron chi connectivity index (χ2n) is 3.04. The molecular formula is C10H11F3O. The largest absolute Gasteiger partial charge is 0.418 e. The van der Waals surface area contributed by atoms with Crippen LogP contribution in [0.4, 0.5) is 13.2 Å². The smallest absolute Gasteiger partial charge is 0.379 e. The summed E-state index contributed by atoms with van der Waals surface area (Å²) in [5.74, 6) is 0. The van der Waals surface area contributed by atoms with Crippen molar-refractivity contribution in [2.75, 3.05) is 0 Å². The molecule has 1 N–H and O–H groups in total. The molecule has 14 heavy (non-hydrogen) atoms. The zero-order valence-corrected chi connectivity index (χ0v) is 7.67. The van der Waals surface area contributed by atoms with Gasteiger partial charge in [-0.05, 0) is 17.5 Å². The molecule has 0 unspecified atom stereocenters. The van der Waals surface area contributed by atoms with Gasteiger partial charge in [0.15, 0.2) is 6.10 Å². The predicted molar refractivity (Wildman–Crippen MR) is 46.8 cm³/mol. The van der Waals surface area contributed by atoms with Crippen LogP contribution in [-0.2, 0) is 6.42 Å². The highest BCUT2D eigenvalue weighted by molar-refractivity contribution is 5.24. The van der Waals surface area contributed by atoms with Gasteiger partial charge >= 0.3 is 6.18 Å². The SMILES string of the molecule is CCc1ccc([C@H](O)C(F)(F)F)cc1. The van der Waals surface area contributed by atoms with Crippen LogP contribution in [0.5, 0.6) is 0 Å². The lowest BCUT2D eigenvalue weighted by atomic mass is 10.1. The van der Waals surface area contributed by atoms with Gasteiger partial charge in [0.2, 0.25) is 0 Å². The van der Waals surface area contributed by atoms with E-state index >= 15 is 0 Å². The lowest BCUT2D eigenvalue weighted by Crippen LogP contribution is -2.20. The van der Waals surface area contributed by atoms with Gasteiger partial charge in [0.05, 0.1) is 0 Å². The lowest BCUT2D eigenvalue weighted by Gasteiger charge is -2.14. The summed E-state index contributed by atoms with van der Waals surface area (Å²) in [6.07, 6.45) is -6.20. The lowest BCUT2D eigenvalue weighted by molar-refractivity contribution is -0.206. The van der Waals surface area contributed by atoms with E-state index in [2.05, 4.69) is 0 Å². The van der Waals surface area contributed by atoms with E-state index in [4.69, 9.17) is 5.11 Å². The third kappa shape index (κ3) is 2.48. The number of benzene rings is 1. The molecule has 1 aromatic rings. The molecule has 1 aromatic carbocycles. The van der Waals surface area contributed by atoms with Crippen molar-refractivity contribution < 1.29 is 18.3 Å². The fraction of sp³-hybridized carbons (Fsp3) is 0.400. The maximum atomic E-state index is 12.1. The van der Waals surface area contributed by atoms with Crippen LogP contribution in [0, 0.1) is 0 Å². The van der Waals surface area contributed by atoms with Crippen LogP contribution in [0.15, 0.2) is 24.3 Å². The Morgan fingerprint density at radius 1 is 1.21 bits per heavy atom. The Hall–Kier alpha value is -1.03. The van der Waals surface area contributed by atoms with Crippen molar-refractivity contribution in [2.45, 2.75) is 25.6 Å². The third-order valence-electron chi connectivity index (χ3n) is 2.01. The van der Waals surface area contributed by atoms with E-state index in [1.807, 2.05) is 6.92 Å². The highest BCUT2D eigenvalue weighted by Crippen LogP contribution is 2.32. The second kappa shape index (κ2) is 4.00. The molecule has 1 atom stereocenters. The summed E-state index contributed by atoms with van der Waals surface area (Å²) in [5, 5.41) is 8.90. The van der Waals surface area contributed by atoms with Crippen molar-refractivity contribution >= 4 is 0 Å². The van der Waals surface area contributed by atoms with Gasteiger partial charge in [0.25, 0.3) is 0 Å². The van der Waals surface area contributed by atoms with E-state index in [-0.39, 0.29) is 5.56 Å². The van der Waals surface area contributed by atoms with E-state index in [0.717, 1.165) is 12.0 Å². The van der Waals surface area contributed by atoms with Crippen molar-refractivity contribution in [3.8, 4) is 0 Å². The Kier molecular flexibility index (Phi) is 3.16. The molecule has 0 spiro atoms.